The van der Waals surface area contributed by atoms with Crippen LogP contribution in [0, 0.1) is 0 Å². The summed E-state index contributed by atoms with van der Waals surface area (Å²) in [6.45, 7) is 1.05. The van der Waals surface area contributed by atoms with Gasteiger partial charge in [-0.1, -0.05) is 18.2 Å². The van der Waals surface area contributed by atoms with E-state index in [2.05, 4.69) is 15.0 Å². The third-order valence-corrected chi connectivity index (χ3v) is 5.23. The maximum Gasteiger partial charge on any atom is 0.573 e. The Morgan fingerprint density at radius 1 is 0.912 bits per heavy atom. The number of ether oxygens (including phenoxy) is 1. The topological polar surface area (TPSA) is 57.7 Å². The zero-order valence-electron chi connectivity index (χ0n) is 17.5. The van der Waals surface area contributed by atoms with Crippen molar-refractivity contribution in [3.8, 4) is 5.75 Å². The van der Waals surface area contributed by atoms with Crippen LogP contribution < -0.4 is 15.0 Å². The van der Waals surface area contributed by atoms with E-state index in [0.717, 1.165) is 18.2 Å². The number of anilines is 2. The Hall–Kier alpha value is -3.70. The number of carbonyl (C=O) groups is 1. The van der Waals surface area contributed by atoms with Crippen LogP contribution in [0.1, 0.15) is 5.69 Å². The number of aromatic nitrogens is 1. The summed E-state index contributed by atoms with van der Waals surface area (Å²) in [7, 11) is 0. The molecule has 2 amide bonds. The SMILES string of the molecule is O=C(Nc1ccc(OC(F)(F)F)cc1)N1CCN(c2cc(C(F)(F)F)nc3ccccc23)CC1. The molecule has 0 bridgehead atoms. The van der Waals surface area contributed by atoms with E-state index in [1.807, 2.05) is 0 Å². The molecular weight excluding hydrogens is 466 g/mol. The van der Waals surface area contributed by atoms with Crippen LogP contribution in [0.5, 0.6) is 5.75 Å². The Labute approximate surface area is 189 Å². The van der Waals surface area contributed by atoms with Gasteiger partial charge in [0, 0.05) is 42.9 Å². The van der Waals surface area contributed by atoms with Crippen molar-refractivity contribution in [2.45, 2.75) is 12.5 Å². The summed E-state index contributed by atoms with van der Waals surface area (Å²) >= 11 is 0. The van der Waals surface area contributed by atoms with E-state index < -0.39 is 30.0 Å². The highest BCUT2D eigenvalue weighted by atomic mass is 19.4. The molecule has 1 aromatic heterocycles. The van der Waals surface area contributed by atoms with Crippen molar-refractivity contribution in [1.82, 2.24) is 9.88 Å². The maximum absolute atomic E-state index is 13.3. The number of urea groups is 1. The normalized spacial score (nSPS) is 14.9. The van der Waals surface area contributed by atoms with Crippen molar-refractivity contribution >= 4 is 28.3 Å². The standard InChI is InChI=1S/C22H18F6N4O2/c23-21(24,25)19-13-18(16-3-1-2-4-17(16)30-19)31-9-11-32(12-10-31)20(33)29-14-5-7-15(8-6-14)34-22(26,27)28/h1-8,13H,9-12H2,(H,29,33). The van der Waals surface area contributed by atoms with Crippen LogP contribution in [-0.2, 0) is 6.18 Å². The lowest BCUT2D eigenvalue weighted by atomic mass is 10.1. The number of piperazine rings is 1. The molecular formula is C22H18F6N4O2. The summed E-state index contributed by atoms with van der Waals surface area (Å²) in [5.74, 6) is -0.415. The van der Waals surface area contributed by atoms with Crippen LogP contribution in [0.3, 0.4) is 0 Å². The quantitative estimate of drug-likeness (QED) is 0.499. The monoisotopic (exact) mass is 484 g/mol. The molecule has 6 nitrogen and oxygen atoms in total. The van der Waals surface area contributed by atoms with E-state index >= 15 is 0 Å². The molecule has 0 spiro atoms. The van der Waals surface area contributed by atoms with E-state index in [-0.39, 0.29) is 37.4 Å². The molecule has 2 aromatic carbocycles. The van der Waals surface area contributed by atoms with E-state index in [9.17, 15) is 31.1 Å². The summed E-state index contributed by atoms with van der Waals surface area (Å²) in [5, 5.41) is 3.17. The van der Waals surface area contributed by atoms with Crippen molar-refractivity contribution in [2.24, 2.45) is 0 Å². The molecule has 3 aromatic rings. The fraction of sp³-hybridized carbons (Fsp3) is 0.273. The molecule has 180 valence electrons. The minimum absolute atomic E-state index is 0.227. The highest BCUT2D eigenvalue weighted by molar-refractivity contribution is 5.93. The first-order valence-electron chi connectivity index (χ1n) is 10.1. The molecule has 34 heavy (non-hydrogen) atoms. The second kappa shape index (κ2) is 8.92. The summed E-state index contributed by atoms with van der Waals surface area (Å²) in [4.78, 5) is 19.5. The number of hydrogen-bond acceptors (Lipinski definition) is 4. The number of alkyl halides is 6. The van der Waals surface area contributed by atoms with Gasteiger partial charge in [0.15, 0.2) is 0 Å². The van der Waals surface area contributed by atoms with Gasteiger partial charge in [-0.2, -0.15) is 13.2 Å². The van der Waals surface area contributed by atoms with Gasteiger partial charge in [0.05, 0.1) is 5.52 Å². The van der Waals surface area contributed by atoms with Crippen LogP contribution in [0.15, 0.2) is 54.6 Å². The van der Waals surface area contributed by atoms with Gasteiger partial charge in [0.1, 0.15) is 11.4 Å². The second-order valence-corrected chi connectivity index (χ2v) is 7.52. The summed E-state index contributed by atoms with van der Waals surface area (Å²) in [6.07, 6.45) is -9.41. The zero-order chi connectivity index (χ0) is 24.5. The number of benzene rings is 2. The Bertz CT molecular complexity index is 1170. The second-order valence-electron chi connectivity index (χ2n) is 7.52. The van der Waals surface area contributed by atoms with Gasteiger partial charge in [0.2, 0.25) is 0 Å². The lowest BCUT2D eigenvalue weighted by Crippen LogP contribution is -2.50. The number of rotatable bonds is 3. The Balaban J connectivity index is 1.42. The molecule has 0 atom stereocenters. The molecule has 0 radical (unpaired) electrons. The van der Waals surface area contributed by atoms with E-state index in [4.69, 9.17) is 0 Å². The predicted octanol–water partition coefficient (Wildman–Crippen LogP) is 5.51. The van der Waals surface area contributed by atoms with Crippen molar-refractivity contribution < 1.29 is 35.9 Å². The van der Waals surface area contributed by atoms with Crippen LogP contribution in [0.2, 0.25) is 0 Å². The minimum Gasteiger partial charge on any atom is -0.406 e. The molecule has 4 rings (SSSR count). The third kappa shape index (κ3) is 5.43. The lowest BCUT2D eigenvalue weighted by Gasteiger charge is -2.36. The molecule has 1 fully saturated rings. The fourth-order valence-electron chi connectivity index (χ4n) is 3.66. The van der Waals surface area contributed by atoms with Gasteiger partial charge in [-0.3, -0.25) is 0 Å². The molecule has 12 heteroatoms. The van der Waals surface area contributed by atoms with Gasteiger partial charge in [0.25, 0.3) is 0 Å². The molecule has 0 unspecified atom stereocenters. The number of carbonyl (C=O) groups excluding carboxylic acids is 1. The molecule has 1 aliphatic rings. The van der Waals surface area contributed by atoms with Crippen molar-refractivity contribution in [2.75, 3.05) is 36.4 Å². The van der Waals surface area contributed by atoms with Crippen LogP contribution in [-0.4, -0.2) is 48.5 Å². The highest BCUT2D eigenvalue weighted by Gasteiger charge is 2.34. The molecule has 0 saturated carbocycles. The van der Waals surface area contributed by atoms with Crippen molar-refractivity contribution in [3.05, 3.63) is 60.3 Å². The highest BCUT2D eigenvalue weighted by Crippen LogP contribution is 2.35. The number of halogens is 6. The van der Waals surface area contributed by atoms with E-state index in [1.165, 1.54) is 23.1 Å². The Morgan fingerprint density at radius 2 is 1.56 bits per heavy atom. The summed E-state index contributed by atoms with van der Waals surface area (Å²) < 4.78 is 80.6. The first-order chi connectivity index (χ1) is 16.0. The first kappa shape index (κ1) is 23.5. The third-order valence-electron chi connectivity index (χ3n) is 5.23. The van der Waals surface area contributed by atoms with Crippen LogP contribution in [0.4, 0.5) is 42.5 Å². The molecule has 1 saturated heterocycles. The summed E-state index contributed by atoms with van der Waals surface area (Å²) in [6, 6.07) is 11.8. The number of fused-ring (bicyclic) bond motifs is 1. The number of hydrogen-bond donors (Lipinski definition) is 1. The largest absolute Gasteiger partial charge is 0.573 e. The van der Waals surface area contributed by atoms with Crippen LogP contribution in [0.25, 0.3) is 10.9 Å². The molecule has 1 aliphatic heterocycles. The zero-order valence-corrected chi connectivity index (χ0v) is 17.5. The van der Waals surface area contributed by atoms with Crippen molar-refractivity contribution in [1.29, 1.82) is 0 Å². The number of nitrogens with zero attached hydrogens (tertiary/aromatic N) is 3. The number of amides is 2. The Kier molecular flexibility index (Phi) is 6.15. The van der Waals surface area contributed by atoms with Crippen molar-refractivity contribution in [3.63, 3.8) is 0 Å². The maximum atomic E-state index is 13.3. The fourth-order valence-corrected chi connectivity index (χ4v) is 3.66. The van der Waals surface area contributed by atoms with Crippen LogP contribution >= 0.6 is 0 Å². The smallest absolute Gasteiger partial charge is 0.406 e. The molecule has 0 aliphatic carbocycles. The van der Waals surface area contributed by atoms with Gasteiger partial charge < -0.3 is 19.9 Å². The predicted molar refractivity (Wildman–Crippen MR) is 113 cm³/mol. The van der Waals surface area contributed by atoms with Gasteiger partial charge >= 0.3 is 18.6 Å². The van der Waals surface area contributed by atoms with Gasteiger partial charge in [-0.25, -0.2) is 9.78 Å². The Morgan fingerprint density at radius 3 is 2.18 bits per heavy atom. The van der Waals surface area contributed by atoms with E-state index in [0.29, 0.717) is 11.1 Å². The average molecular weight is 484 g/mol. The summed E-state index contributed by atoms with van der Waals surface area (Å²) in [5.41, 5.74) is -0.0973. The first-order valence-corrected chi connectivity index (χ1v) is 10.1. The van der Waals surface area contributed by atoms with Gasteiger partial charge in [-0.05, 0) is 36.4 Å². The van der Waals surface area contributed by atoms with Gasteiger partial charge in [-0.15, -0.1) is 13.2 Å². The average Bonchev–Trinajstić information content (AvgIpc) is 2.78. The number of pyridine rings is 1. The number of nitrogens with one attached hydrogen (secondary N) is 1. The van der Waals surface area contributed by atoms with E-state index in [1.54, 1.807) is 23.1 Å². The molecule has 1 N–H and O–H groups in total. The molecule has 2 heterocycles. The number of para-hydroxylation sites is 1. The lowest BCUT2D eigenvalue weighted by molar-refractivity contribution is -0.274. The minimum atomic E-state index is -4.81.